The maximum Gasteiger partial charge on any atom is 0.419 e. The highest BCUT2D eigenvalue weighted by Crippen LogP contribution is 2.36. The molecule has 0 aliphatic carbocycles. The molecule has 0 saturated heterocycles. The second-order valence-electron chi connectivity index (χ2n) is 3.38. The fraction of sp³-hybridized carbons (Fsp3) is 0.455. The van der Waals surface area contributed by atoms with E-state index in [1.165, 1.54) is 18.2 Å². The fourth-order valence-electron chi connectivity index (χ4n) is 1.28. The van der Waals surface area contributed by atoms with Gasteiger partial charge in [0.2, 0.25) is 0 Å². The molecule has 90 valence electrons. The summed E-state index contributed by atoms with van der Waals surface area (Å²) in [7, 11) is 0. The first-order valence-electron chi connectivity index (χ1n) is 5.02. The van der Waals surface area contributed by atoms with Gasteiger partial charge in [0, 0.05) is 6.54 Å². The number of nitrogens with two attached hydrogens (primary N) is 1. The van der Waals surface area contributed by atoms with E-state index in [0.717, 1.165) is 6.07 Å². The van der Waals surface area contributed by atoms with Crippen molar-refractivity contribution in [2.75, 3.05) is 6.54 Å². The van der Waals surface area contributed by atoms with E-state index in [4.69, 9.17) is 10.5 Å². The van der Waals surface area contributed by atoms with Crippen LogP contribution in [0, 0.1) is 0 Å². The zero-order valence-electron chi connectivity index (χ0n) is 8.92. The summed E-state index contributed by atoms with van der Waals surface area (Å²) >= 11 is 0. The number of benzene rings is 1. The molecule has 2 N–H and O–H groups in total. The summed E-state index contributed by atoms with van der Waals surface area (Å²) in [5, 5.41) is 0. The van der Waals surface area contributed by atoms with Gasteiger partial charge >= 0.3 is 6.18 Å². The van der Waals surface area contributed by atoms with Crippen molar-refractivity contribution >= 4 is 0 Å². The number of halogens is 3. The molecule has 0 aromatic heterocycles. The van der Waals surface area contributed by atoms with Gasteiger partial charge in [-0.1, -0.05) is 19.1 Å². The summed E-state index contributed by atoms with van der Waals surface area (Å²) in [4.78, 5) is 0. The average molecular weight is 233 g/mol. The van der Waals surface area contributed by atoms with Crippen LogP contribution in [-0.4, -0.2) is 12.6 Å². The van der Waals surface area contributed by atoms with E-state index in [1.54, 1.807) is 0 Å². The summed E-state index contributed by atoms with van der Waals surface area (Å²) in [6.45, 7) is 2.01. The molecule has 1 aromatic rings. The van der Waals surface area contributed by atoms with Gasteiger partial charge < -0.3 is 10.5 Å². The normalized spacial score (nSPS) is 13.6. The highest BCUT2D eigenvalue weighted by molar-refractivity contribution is 5.35. The molecule has 0 fully saturated rings. The van der Waals surface area contributed by atoms with Crippen molar-refractivity contribution in [1.29, 1.82) is 0 Å². The van der Waals surface area contributed by atoms with Gasteiger partial charge in [0.05, 0.1) is 5.56 Å². The van der Waals surface area contributed by atoms with Crippen LogP contribution in [0.1, 0.15) is 18.9 Å². The van der Waals surface area contributed by atoms with Crippen molar-refractivity contribution in [3.05, 3.63) is 29.8 Å². The maximum absolute atomic E-state index is 12.6. The third-order valence-electron chi connectivity index (χ3n) is 2.20. The standard InChI is InChI=1S/C11H14F3NO/c1-2-8(7-15)16-10-6-4-3-5-9(10)11(12,13)14/h3-6,8H,2,7,15H2,1H3/t8-/m1/s1. The second kappa shape index (κ2) is 5.21. The van der Waals surface area contributed by atoms with Gasteiger partial charge in [-0.05, 0) is 18.6 Å². The van der Waals surface area contributed by atoms with Crippen LogP contribution < -0.4 is 10.5 Å². The van der Waals surface area contributed by atoms with Crippen LogP contribution in [0.15, 0.2) is 24.3 Å². The van der Waals surface area contributed by atoms with E-state index in [1.807, 2.05) is 6.92 Å². The SMILES string of the molecule is CC[C@H](CN)Oc1ccccc1C(F)(F)F. The quantitative estimate of drug-likeness (QED) is 0.867. The first kappa shape index (κ1) is 12.8. The summed E-state index contributed by atoms with van der Waals surface area (Å²) in [5.74, 6) is -0.160. The first-order chi connectivity index (χ1) is 7.49. The van der Waals surface area contributed by atoms with Crippen molar-refractivity contribution in [1.82, 2.24) is 0 Å². The molecule has 0 spiro atoms. The zero-order chi connectivity index (χ0) is 12.2. The molecule has 0 amide bonds. The minimum Gasteiger partial charge on any atom is -0.488 e. The molecule has 0 aliphatic heterocycles. The summed E-state index contributed by atoms with van der Waals surface area (Å²) < 4.78 is 43.0. The number of para-hydroxylation sites is 1. The smallest absolute Gasteiger partial charge is 0.419 e. The minimum absolute atomic E-state index is 0.160. The van der Waals surface area contributed by atoms with E-state index in [9.17, 15) is 13.2 Å². The summed E-state index contributed by atoms with van der Waals surface area (Å²) in [6, 6.07) is 5.15. The van der Waals surface area contributed by atoms with Crippen molar-refractivity contribution in [2.45, 2.75) is 25.6 Å². The van der Waals surface area contributed by atoms with Gasteiger partial charge in [-0.2, -0.15) is 13.2 Å². The Morgan fingerprint density at radius 3 is 2.44 bits per heavy atom. The minimum atomic E-state index is -4.40. The summed E-state index contributed by atoms with van der Waals surface area (Å²) in [5.41, 5.74) is 4.62. The maximum atomic E-state index is 12.6. The predicted molar refractivity (Wildman–Crippen MR) is 55.2 cm³/mol. The second-order valence-corrected chi connectivity index (χ2v) is 3.38. The van der Waals surface area contributed by atoms with Crippen molar-refractivity contribution in [2.24, 2.45) is 5.73 Å². The van der Waals surface area contributed by atoms with Crippen molar-refractivity contribution < 1.29 is 17.9 Å². The van der Waals surface area contributed by atoms with E-state index in [2.05, 4.69) is 0 Å². The highest BCUT2D eigenvalue weighted by atomic mass is 19.4. The molecular formula is C11H14F3NO. The molecular weight excluding hydrogens is 219 g/mol. The third-order valence-corrected chi connectivity index (χ3v) is 2.20. The van der Waals surface area contributed by atoms with E-state index in [0.29, 0.717) is 6.42 Å². The number of ether oxygens (including phenoxy) is 1. The van der Waals surface area contributed by atoms with E-state index < -0.39 is 11.7 Å². The van der Waals surface area contributed by atoms with Gasteiger partial charge in [-0.3, -0.25) is 0 Å². The Hall–Kier alpha value is -1.23. The molecule has 5 heteroatoms. The molecule has 0 aliphatic rings. The summed E-state index contributed by atoms with van der Waals surface area (Å²) in [6.07, 6.45) is -4.21. The Bertz CT molecular complexity index is 334. The third kappa shape index (κ3) is 3.13. The van der Waals surface area contributed by atoms with Crippen LogP contribution in [0.3, 0.4) is 0 Å². The predicted octanol–water partition coefficient (Wildman–Crippen LogP) is 2.82. The monoisotopic (exact) mass is 233 g/mol. The van der Waals surface area contributed by atoms with Crippen molar-refractivity contribution in [3.63, 3.8) is 0 Å². The number of hydrogen-bond donors (Lipinski definition) is 1. The first-order valence-corrected chi connectivity index (χ1v) is 5.02. The lowest BCUT2D eigenvalue weighted by Gasteiger charge is -2.19. The molecule has 0 saturated carbocycles. The van der Waals surface area contributed by atoms with Gasteiger partial charge in [0.15, 0.2) is 0 Å². The number of alkyl halides is 3. The van der Waals surface area contributed by atoms with Crippen LogP contribution in [0.5, 0.6) is 5.75 Å². The largest absolute Gasteiger partial charge is 0.488 e. The van der Waals surface area contributed by atoms with Crippen LogP contribution in [0.2, 0.25) is 0 Å². The molecule has 1 aromatic carbocycles. The van der Waals surface area contributed by atoms with Crippen LogP contribution in [0.25, 0.3) is 0 Å². The molecule has 1 atom stereocenters. The molecule has 2 nitrogen and oxygen atoms in total. The van der Waals surface area contributed by atoms with Gasteiger partial charge in [-0.15, -0.1) is 0 Å². The van der Waals surface area contributed by atoms with E-state index in [-0.39, 0.29) is 18.4 Å². The average Bonchev–Trinajstić information content (AvgIpc) is 2.25. The molecule has 0 heterocycles. The lowest BCUT2D eigenvalue weighted by Crippen LogP contribution is -2.26. The molecule has 0 bridgehead atoms. The molecule has 0 unspecified atom stereocenters. The Morgan fingerprint density at radius 2 is 1.94 bits per heavy atom. The highest BCUT2D eigenvalue weighted by Gasteiger charge is 2.34. The Balaban J connectivity index is 2.95. The van der Waals surface area contributed by atoms with Gasteiger partial charge in [0.1, 0.15) is 11.9 Å². The number of rotatable bonds is 4. The number of hydrogen-bond acceptors (Lipinski definition) is 2. The fourth-order valence-corrected chi connectivity index (χ4v) is 1.28. The van der Waals surface area contributed by atoms with Crippen molar-refractivity contribution in [3.8, 4) is 5.75 Å². The molecule has 16 heavy (non-hydrogen) atoms. The van der Waals surface area contributed by atoms with Crippen LogP contribution in [0.4, 0.5) is 13.2 Å². The lowest BCUT2D eigenvalue weighted by atomic mass is 10.2. The van der Waals surface area contributed by atoms with E-state index >= 15 is 0 Å². The van der Waals surface area contributed by atoms with Crippen LogP contribution >= 0.6 is 0 Å². The Kier molecular flexibility index (Phi) is 4.18. The zero-order valence-corrected chi connectivity index (χ0v) is 8.92. The lowest BCUT2D eigenvalue weighted by molar-refractivity contribution is -0.139. The topological polar surface area (TPSA) is 35.2 Å². The van der Waals surface area contributed by atoms with Gasteiger partial charge in [0.25, 0.3) is 0 Å². The molecule has 0 radical (unpaired) electrons. The van der Waals surface area contributed by atoms with Gasteiger partial charge in [-0.25, -0.2) is 0 Å². The Morgan fingerprint density at radius 1 is 1.31 bits per heavy atom. The van der Waals surface area contributed by atoms with Crippen LogP contribution in [-0.2, 0) is 6.18 Å². The molecule has 1 rings (SSSR count). The Labute approximate surface area is 92.2 Å².